The maximum Gasteiger partial charge on any atom is 0.295 e. The van der Waals surface area contributed by atoms with Crippen LogP contribution in [-0.2, 0) is 9.59 Å². The van der Waals surface area contributed by atoms with Gasteiger partial charge in [0.15, 0.2) is 0 Å². The number of aromatic nitrogens is 1. The molecule has 1 unspecified atom stereocenters. The molecule has 0 saturated carbocycles. The normalized spacial score (nSPS) is 18.2. The number of nitrogens with zero attached hydrogens (tertiary/aromatic N) is 1. The minimum Gasteiger partial charge on any atom is -0.507 e. The number of aromatic amines is 1. The Balaban J connectivity index is 1.99. The molecule has 0 spiro atoms. The van der Waals surface area contributed by atoms with Crippen LogP contribution in [-0.4, -0.2) is 40.3 Å². The van der Waals surface area contributed by atoms with E-state index in [9.17, 15) is 14.7 Å². The molecule has 0 bridgehead atoms. The second-order valence-corrected chi connectivity index (χ2v) is 7.88. The highest BCUT2D eigenvalue weighted by Gasteiger charge is 2.47. The summed E-state index contributed by atoms with van der Waals surface area (Å²) >= 11 is 0. The number of H-pyrrole nitrogens is 1. The van der Waals surface area contributed by atoms with E-state index in [2.05, 4.69) is 4.98 Å². The number of methoxy groups -OCH3 is 1. The minimum atomic E-state index is -0.657. The standard InChI is InChI=1S/C25H26N2O4/c1-5-12-27-22(20-15(3)26-19-9-7-6-8-18(19)20)21(24(29)25(27)30)23(28)17-11-10-16(31-4)13-14(17)2/h6-11,13,22,26,28H,5,12H2,1-4H3/b23-21+. The van der Waals surface area contributed by atoms with Gasteiger partial charge < -0.3 is 19.7 Å². The fourth-order valence-electron chi connectivity index (χ4n) is 4.48. The number of para-hydroxylation sites is 1. The van der Waals surface area contributed by atoms with Crippen LogP contribution in [0.1, 0.15) is 41.8 Å². The van der Waals surface area contributed by atoms with Gasteiger partial charge in [0.2, 0.25) is 0 Å². The molecule has 2 heterocycles. The van der Waals surface area contributed by atoms with Gasteiger partial charge in [-0.15, -0.1) is 0 Å². The Morgan fingerprint density at radius 3 is 2.58 bits per heavy atom. The molecule has 1 aliphatic heterocycles. The molecule has 2 N–H and O–H groups in total. The zero-order valence-corrected chi connectivity index (χ0v) is 18.2. The number of carbonyl (C=O) groups excluding carboxylic acids is 2. The molecule has 0 radical (unpaired) electrons. The molecule has 1 aromatic heterocycles. The Morgan fingerprint density at radius 2 is 1.90 bits per heavy atom. The topological polar surface area (TPSA) is 82.6 Å². The van der Waals surface area contributed by atoms with Gasteiger partial charge in [-0.05, 0) is 50.1 Å². The number of amides is 1. The first-order valence-electron chi connectivity index (χ1n) is 10.4. The van der Waals surface area contributed by atoms with Gasteiger partial charge in [0, 0.05) is 34.3 Å². The predicted octanol–water partition coefficient (Wildman–Crippen LogP) is 4.63. The number of hydrogen-bond acceptors (Lipinski definition) is 4. The second kappa shape index (κ2) is 7.95. The molecule has 1 fully saturated rings. The Hall–Kier alpha value is -3.54. The van der Waals surface area contributed by atoms with Gasteiger partial charge in [0.1, 0.15) is 11.5 Å². The average molecular weight is 418 g/mol. The zero-order chi connectivity index (χ0) is 22.3. The van der Waals surface area contributed by atoms with E-state index >= 15 is 0 Å². The van der Waals surface area contributed by atoms with Crippen molar-refractivity contribution in [1.29, 1.82) is 0 Å². The monoisotopic (exact) mass is 418 g/mol. The smallest absolute Gasteiger partial charge is 0.295 e. The maximum atomic E-state index is 13.1. The lowest BCUT2D eigenvalue weighted by Gasteiger charge is -2.25. The van der Waals surface area contributed by atoms with Crippen molar-refractivity contribution in [3.8, 4) is 5.75 Å². The fraction of sp³-hybridized carbons (Fsp3) is 0.280. The number of hydrogen-bond donors (Lipinski definition) is 2. The number of ether oxygens (including phenoxy) is 1. The molecule has 31 heavy (non-hydrogen) atoms. The summed E-state index contributed by atoms with van der Waals surface area (Å²) in [4.78, 5) is 31.1. The third-order valence-electron chi connectivity index (χ3n) is 5.91. The lowest BCUT2D eigenvalue weighted by molar-refractivity contribution is -0.139. The lowest BCUT2D eigenvalue weighted by Crippen LogP contribution is -2.30. The first kappa shape index (κ1) is 20.7. The van der Waals surface area contributed by atoms with E-state index in [1.165, 1.54) is 0 Å². The van der Waals surface area contributed by atoms with Gasteiger partial charge in [-0.2, -0.15) is 0 Å². The lowest BCUT2D eigenvalue weighted by atomic mass is 9.92. The van der Waals surface area contributed by atoms with Crippen molar-refractivity contribution in [2.75, 3.05) is 13.7 Å². The van der Waals surface area contributed by atoms with Crippen LogP contribution in [0.5, 0.6) is 5.75 Å². The summed E-state index contributed by atoms with van der Waals surface area (Å²) in [7, 11) is 1.57. The summed E-state index contributed by atoms with van der Waals surface area (Å²) in [5.41, 5.74) is 4.03. The molecule has 3 aromatic rings. The number of nitrogens with one attached hydrogen (secondary N) is 1. The van der Waals surface area contributed by atoms with E-state index in [-0.39, 0.29) is 11.3 Å². The number of carbonyl (C=O) groups is 2. The van der Waals surface area contributed by atoms with Gasteiger partial charge in [-0.3, -0.25) is 9.59 Å². The van der Waals surface area contributed by atoms with E-state index in [1.54, 1.807) is 30.2 Å². The van der Waals surface area contributed by atoms with E-state index < -0.39 is 17.7 Å². The van der Waals surface area contributed by atoms with Crippen molar-refractivity contribution >= 4 is 28.4 Å². The van der Waals surface area contributed by atoms with E-state index in [4.69, 9.17) is 4.74 Å². The summed E-state index contributed by atoms with van der Waals surface area (Å²) in [6, 6.07) is 12.4. The molecule has 1 amide bonds. The van der Waals surface area contributed by atoms with Crippen LogP contribution >= 0.6 is 0 Å². The van der Waals surface area contributed by atoms with Gasteiger partial charge in [-0.1, -0.05) is 25.1 Å². The Morgan fingerprint density at radius 1 is 1.16 bits per heavy atom. The van der Waals surface area contributed by atoms with Crippen molar-refractivity contribution in [3.05, 3.63) is 70.4 Å². The summed E-state index contributed by atoms with van der Waals surface area (Å²) in [6.45, 7) is 6.16. The summed E-state index contributed by atoms with van der Waals surface area (Å²) in [6.07, 6.45) is 0.701. The number of likely N-dealkylation sites (tertiary alicyclic amines) is 1. The largest absolute Gasteiger partial charge is 0.507 e. The van der Waals surface area contributed by atoms with Crippen molar-refractivity contribution in [2.45, 2.75) is 33.2 Å². The van der Waals surface area contributed by atoms with Gasteiger partial charge >= 0.3 is 0 Å². The molecule has 160 valence electrons. The number of rotatable bonds is 5. The van der Waals surface area contributed by atoms with Crippen molar-refractivity contribution in [1.82, 2.24) is 9.88 Å². The molecule has 1 atom stereocenters. The molecule has 6 nitrogen and oxygen atoms in total. The molecule has 6 heteroatoms. The highest BCUT2D eigenvalue weighted by atomic mass is 16.5. The molecular weight excluding hydrogens is 392 g/mol. The Kier molecular flexibility index (Phi) is 5.31. The summed E-state index contributed by atoms with van der Waals surface area (Å²) in [5, 5.41) is 12.2. The SMILES string of the molecule is CCCN1C(=O)C(=O)/C(=C(/O)c2ccc(OC)cc2C)C1c1c(C)[nH]c2ccccc12. The van der Waals surface area contributed by atoms with E-state index in [1.807, 2.05) is 45.0 Å². The molecule has 1 aliphatic rings. The van der Waals surface area contributed by atoms with Crippen molar-refractivity contribution in [2.24, 2.45) is 0 Å². The third-order valence-corrected chi connectivity index (χ3v) is 5.91. The minimum absolute atomic E-state index is 0.125. The number of Topliss-reactive ketones (excluding diaryl/α,β-unsaturated/α-hetero) is 1. The fourth-order valence-corrected chi connectivity index (χ4v) is 4.48. The first-order chi connectivity index (χ1) is 14.9. The van der Waals surface area contributed by atoms with Gasteiger partial charge in [0.25, 0.3) is 11.7 Å². The highest BCUT2D eigenvalue weighted by Crippen LogP contribution is 2.43. The number of benzene rings is 2. The first-order valence-corrected chi connectivity index (χ1v) is 10.4. The van der Waals surface area contributed by atoms with Crippen LogP contribution in [0.2, 0.25) is 0 Å². The van der Waals surface area contributed by atoms with Crippen LogP contribution in [0.25, 0.3) is 16.7 Å². The third kappa shape index (κ3) is 3.28. The van der Waals surface area contributed by atoms with Crippen LogP contribution in [0.3, 0.4) is 0 Å². The predicted molar refractivity (Wildman–Crippen MR) is 120 cm³/mol. The average Bonchev–Trinajstić information content (AvgIpc) is 3.21. The van der Waals surface area contributed by atoms with E-state index in [0.717, 1.165) is 27.7 Å². The number of ketones is 1. The molecule has 0 aliphatic carbocycles. The molecule has 4 rings (SSSR count). The van der Waals surface area contributed by atoms with Gasteiger partial charge in [-0.25, -0.2) is 0 Å². The number of aliphatic hydroxyl groups excluding tert-OH is 1. The van der Waals surface area contributed by atoms with Crippen LogP contribution in [0.15, 0.2) is 48.0 Å². The van der Waals surface area contributed by atoms with E-state index in [0.29, 0.717) is 24.3 Å². The number of aryl methyl sites for hydroxylation is 2. The second-order valence-electron chi connectivity index (χ2n) is 7.88. The summed E-state index contributed by atoms with van der Waals surface area (Å²) < 4.78 is 5.26. The van der Waals surface area contributed by atoms with Gasteiger partial charge in [0.05, 0.1) is 18.7 Å². The molecular formula is C25H26N2O4. The number of aliphatic hydroxyl groups is 1. The molecule has 2 aromatic carbocycles. The Labute approximate surface area is 181 Å². The van der Waals surface area contributed by atoms with Crippen LogP contribution in [0.4, 0.5) is 0 Å². The highest BCUT2D eigenvalue weighted by molar-refractivity contribution is 6.46. The van der Waals surface area contributed by atoms with Crippen LogP contribution < -0.4 is 4.74 Å². The molecule has 1 saturated heterocycles. The number of fused-ring (bicyclic) bond motifs is 1. The maximum absolute atomic E-state index is 13.1. The summed E-state index contributed by atoms with van der Waals surface area (Å²) in [5.74, 6) is -0.739. The van der Waals surface area contributed by atoms with Crippen molar-refractivity contribution in [3.63, 3.8) is 0 Å². The quantitative estimate of drug-likeness (QED) is 0.360. The Bertz CT molecular complexity index is 1220. The zero-order valence-electron chi connectivity index (χ0n) is 18.2. The van der Waals surface area contributed by atoms with Crippen molar-refractivity contribution < 1.29 is 19.4 Å². The van der Waals surface area contributed by atoms with Crippen LogP contribution in [0, 0.1) is 13.8 Å².